The molecule has 0 radical (unpaired) electrons. The molecule has 2 aliphatic rings. The number of carbonyl (C=O) groups is 1. The molecular formula is C14H27N3O. The predicted molar refractivity (Wildman–Crippen MR) is 73.3 cm³/mol. The fourth-order valence-corrected chi connectivity index (χ4v) is 3.27. The van der Waals surface area contributed by atoms with Gasteiger partial charge in [0.15, 0.2) is 0 Å². The van der Waals surface area contributed by atoms with Crippen molar-refractivity contribution in [1.29, 1.82) is 0 Å². The molecule has 0 aromatic carbocycles. The van der Waals surface area contributed by atoms with Crippen molar-refractivity contribution in [3.8, 4) is 0 Å². The molecule has 0 aromatic rings. The number of likely N-dealkylation sites (tertiary alicyclic amines) is 1. The lowest BCUT2D eigenvalue weighted by Crippen LogP contribution is -2.59. The average molecular weight is 253 g/mol. The molecule has 1 saturated carbocycles. The molecule has 1 aliphatic carbocycles. The number of likely N-dealkylation sites (N-methyl/N-ethyl adjacent to an activating group) is 1. The summed E-state index contributed by atoms with van der Waals surface area (Å²) in [6, 6.07) is 0.495. The van der Waals surface area contributed by atoms with E-state index in [-0.39, 0.29) is 5.91 Å². The molecule has 0 aromatic heterocycles. The van der Waals surface area contributed by atoms with Gasteiger partial charge in [-0.1, -0.05) is 19.3 Å². The summed E-state index contributed by atoms with van der Waals surface area (Å²) in [6.07, 6.45) is 7.47. The summed E-state index contributed by atoms with van der Waals surface area (Å²) in [5.41, 5.74) is 5.79. The summed E-state index contributed by atoms with van der Waals surface area (Å²) in [6.45, 7) is 1.74. The van der Waals surface area contributed by atoms with E-state index in [1.807, 2.05) is 4.90 Å². The van der Waals surface area contributed by atoms with Gasteiger partial charge in [0.05, 0.1) is 5.54 Å². The van der Waals surface area contributed by atoms with E-state index in [0.717, 1.165) is 45.2 Å². The second-order valence-corrected chi connectivity index (χ2v) is 6.23. The van der Waals surface area contributed by atoms with E-state index in [9.17, 15) is 4.79 Å². The van der Waals surface area contributed by atoms with E-state index in [4.69, 9.17) is 5.73 Å². The third-order valence-electron chi connectivity index (χ3n) is 4.59. The number of carbonyl (C=O) groups excluding carboxylic acids is 1. The van der Waals surface area contributed by atoms with Crippen molar-refractivity contribution in [3.05, 3.63) is 0 Å². The molecule has 1 atom stereocenters. The van der Waals surface area contributed by atoms with Gasteiger partial charge in [-0.3, -0.25) is 4.79 Å². The first-order valence-corrected chi connectivity index (χ1v) is 7.28. The van der Waals surface area contributed by atoms with Crippen molar-refractivity contribution >= 4 is 5.91 Å². The molecule has 1 saturated heterocycles. The van der Waals surface area contributed by atoms with Gasteiger partial charge in [-0.2, -0.15) is 0 Å². The van der Waals surface area contributed by atoms with Crippen LogP contribution in [-0.4, -0.2) is 54.5 Å². The van der Waals surface area contributed by atoms with Crippen LogP contribution in [0.5, 0.6) is 0 Å². The first-order valence-electron chi connectivity index (χ1n) is 7.28. The zero-order valence-electron chi connectivity index (χ0n) is 11.8. The molecule has 104 valence electrons. The third-order valence-corrected chi connectivity index (χ3v) is 4.59. The average Bonchev–Trinajstić information content (AvgIpc) is 2.39. The Morgan fingerprint density at radius 3 is 2.50 bits per heavy atom. The maximum atomic E-state index is 12.6. The van der Waals surface area contributed by atoms with E-state index in [2.05, 4.69) is 19.0 Å². The highest BCUT2D eigenvalue weighted by molar-refractivity contribution is 5.86. The van der Waals surface area contributed by atoms with Crippen LogP contribution in [0.4, 0.5) is 0 Å². The van der Waals surface area contributed by atoms with Crippen molar-refractivity contribution in [1.82, 2.24) is 9.80 Å². The molecule has 0 spiro atoms. The Labute approximate surface area is 110 Å². The molecule has 1 unspecified atom stereocenters. The number of nitrogens with zero attached hydrogens (tertiary/aromatic N) is 2. The summed E-state index contributed by atoms with van der Waals surface area (Å²) in [5, 5.41) is 0. The molecule has 1 heterocycles. The van der Waals surface area contributed by atoms with Crippen LogP contribution in [-0.2, 0) is 4.79 Å². The summed E-state index contributed by atoms with van der Waals surface area (Å²) in [7, 11) is 4.19. The molecule has 4 nitrogen and oxygen atoms in total. The maximum absolute atomic E-state index is 12.6. The fourth-order valence-electron chi connectivity index (χ4n) is 3.27. The Hall–Kier alpha value is -0.610. The third kappa shape index (κ3) is 2.86. The van der Waals surface area contributed by atoms with Crippen LogP contribution in [0, 0.1) is 0 Å². The second-order valence-electron chi connectivity index (χ2n) is 6.23. The number of nitrogens with two attached hydrogens (primary N) is 1. The van der Waals surface area contributed by atoms with Gasteiger partial charge in [0.1, 0.15) is 0 Å². The van der Waals surface area contributed by atoms with Crippen molar-refractivity contribution in [2.75, 3.05) is 27.2 Å². The maximum Gasteiger partial charge on any atom is 0.242 e. The summed E-state index contributed by atoms with van der Waals surface area (Å²) in [5.74, 6) is 0.203. The molecule has 0 bridgehead atoms. The molecule has 2 rings (SSSR count). The van der Waals surface area contributed by atoms with Gasteiger partial charge in [0.25, 0.3) is 0 Å². The number of piperidine rings is 1. The van der Waals surface area contributed by atoms with Gasteiger partial charge in [0, 0.05) is 19.1 Å². The monoisotopic (exact) mass is 253 g/mol. The quantitative estimate of drug-likeness (QED) is 0.804. The molecule has 1 aliphatic heterocycles. The lowest BCUT2D eigenvalue weighted by atomic mass is 9.81. The SMILES string of the molecule is CN(C)C1CCCN(C(=O)C2(N)CCCCC2)C1. The Morgan fingerprint density at radius 1 is 1.22 bits per heavy atom. The highest BCUT2D eigenvalue weighted by atomic mass is 16.2. The van der Waals surface area contributed by atoms with Crippen LogP contribution in [0.25, 0.3) is 0 Å². The van der Waals surface area contributed by atoms with Gasteiger partial charge in [-0.15, -0.1) is 0 Å². The Morgan fingerprint density at radius 2 is 1.89 bits per heavy atom. The zero-order valence-corrected chi connectivity index (χ0v) is 11.8. The minimum Gasteiger partial charge on any atom is -0.340 e. The lowest BCUT2D eigenvalue weighted by Gasteiger charge is -2.41. The Bertz CT molecular complexity index is 297. The van der Waals surface area contributed by atoms with E-state index >= 15 is 0 Å². The number of amides is 1. The van der Waals surface area contributed by atoms with Crippen LogP contribution in [0.1, 0.15) is 44.9 Å². The van der Waals surface area contributed by atoms with E-state index in [0.29, 0.717) is 6.04 Å². The van der Waals surface area contributed by atoms with Gasteiger partial charge >= 0.3 is 0 Å². The minimum absolute atomic E-state index is 0.203. The van der Waals surface area contributed by atoms with E-state index < -0.39 is 5.54 Å². The van der Waals surface area contributed by atoms with Crippen molar-refractivity contribution < 1.29 is 4.79 Å². The molecule has 18 heavy (non-hydrogen) atoms. The lowest BCUT2D eigenvalue weighted by molar-refractivity contribution is -0.140. The van der Waals surface area contributed by atoms with Crippen LogP contribution in [0.15, 0.2) is 0 Å². The summed E-state index contributed by atoms with van der Waals surface area (Å²) in [4.78, 5) is 16.9. The molecule has 1 amide bonds. The van der Waals surface area contributed by atoms with E-state index in [1.165, 1.54) is 12.8 Å². The van der Waals surface area contributed by atoms with Crippen LogP contribution in [0.3, 0.4) is 0 Å². The normalized spacial score (nSPS) is 28.4. The molecule has 4 heteroatoms. The first-order chi connectivity index (χ1) is 8.53. The smallest absolute Gasteiger partial charge is 0.242 e. The van der Waals surface area contributed by atoms with E-state index in [1.54, 1.807) is 0 Å². The number of hydrogen-bond donors (Lipinski definition) is 1. The van der Waals surface area contributed by atoms with Gasteiger partial charge < -0.3 is 15.5 Å². The highest BCUT2D eigenvalue weighted by Gasteiger charge is 2.39. The largest absolute Gasteiger partial charge is 0.340 e. The Kier molecular flexibility index (Phi) is 4.28. The first kappa shape index (κ1) is 13.8. The van der Waals surface area contributed by atoms with Crippen molar-refractivity contribution in [2.45, 2.75) is 56.5 Å². The highest BCUT2D eigenvalue weighted by Crippen LogP contribution is 2.29. The minimum atomic E-state index is -0.563. The fraction of sp³-hybridized carbons (Fsp3) is 0.929. The number of rotatable bonds is 2. The summed E-state index contributed by atoms with van der Waals surface area (Å²) >= 11 is 0. The summed E-state index contributed by atoms with van der Waals surface area (Å²) < 4.78 is 0. The second kappa shape index (κ2) is 5.57. The van der Waals surface area contributed by atoms with Crippen molar-refractivity contribution in [3.63, 3.8) is 0 Å². The van der Waals surface area contributed by atoms with Crippen LogP contribution < -0.4 is 5.73 Å². The van der Waals surface area contributed by atoms with Crippen LogP contribution in [0.2, 0.25) is 0 Å². The Balaban J connectivity index is 1.99. The predicted octanol–water partition coefficient (Wildman–Crippen LogP) is 1.20. The van der Waals surface area contributed by atoms with Gasteiger partial charge in [-0.25, -0.2) is 0 Å². The molecular weight excluding hydrogens is 226 g/mol. The molecule has 2 N–H and O–H groups in total. The van der Waals surface area contributed by atoms with Gasteiger partial charge in [-0.05, 0) is 39.8 Å². The topological polar surface area (TPSA) is 49.6 Å². The van der Waals surface area contributed by atoms with Crippen LogP contribution >= 0.6 is 0 Å². The van der Waals surface area contributed by atoms with Gasteiger partial charge in [0.2, 0.25) is 5.91 Å². The number of hydrogen-bond acceptors (Lipinski definition) is 3. The zero-order chi connectivity index (χ0) is 13.2. The van der Waals surface area contributed by atoms with Crippen molar-refractivity contribution in [2.24, 2.45) is 5.73 Å². The molecule has 2 fully saturated rings. The standard InChI is InChI=1S/C14H27N3O/c1-16(2)12-7-6-10-17(11-12)13(18)14(15)8-4-3-5-9-14/h12H,3-11,15H2,1-2H3.